The van der Waals surface area contributed by atoms with Crippen LogP contribution in [0.2, 0.25) is 0 Å². The van der Waals surface area contributed by atoms with Gasteiger partial charge in [-0.05, 0) is 41.2 Å². The Hall–Kier alpha value is -2.27. The van der Waals surface area contributed by atoms with Crippen LogP contribution < -0.4 is 5.32 Å². The Morgan fingerprint density at radius 1 is 1.07 bits per heavy atom. The van der Waals surface area contributed by atoms with Gasteiger partial charge in [0.15, 0.2) is 0 Å². The molecule has 148 valence electrons. The molecular weight excluding hydrogens is 368 g/mol. The summed E-state index contributed by atoms with van der Waals surface area (Å²) in [6, 6.07) is 16.2. The third-order valence-electron chi connectivity index (χ3n) is 5.08. The molecule has 4 nitrogen and oxygen atoms in total. The number of carbonyl (C=O) groups is 2. The molecule has 2 amide bonds. The van der Waals surface area contributed by atoms with Crippen molar-refractivity contribution in [3.63, 3.8) is 0 Å². The van der Waals surface area contributed by atoms with Gasteiger partial charge >= 0.3 is 0 Å². The Balaban J connectivity index is 1.66. The van der Waals surface area contributed by atoms with Crippen molar-refractivity contribution in [2.45, 2.75) is 50.6 Å². The first-order chi connectivity index (χ1) is 13.4. The van der Waals surface area contributed by atoms with E-state index in [1.165, 1.54) is 23.6 Å². The van der Waals surface area contributed by atoms with Gasteiger partial charge in [0.05, 0.1) is 0 Å². The predicted molar refractivity (Wildman–Crippen MR) is 114 cm³/mol. The number of rotatable bonds is 6. The minimum atomic E-state index is -0.516. The van der Waals surface area contributed by atoms with Gasteiger partial charge in [-0.1, -0.05) is 50.2 Å². The van der Waals surface area contributed by atoms with E-state index in [1.807, 2.05) is 17.0 Å². The average Bonchev–Trinajstić information content (AvgIpc) is 2.70. The maximum Gasteiger partial charge on any atom is 0.246 e. The molecule has 2 aromatic rings. The predicted octanol–water partition coefficient (Wildman–Crippen LogP) is 3.99. The van der Waals surface area contributed by atoms with Crippen LogP contribution in [-0.2, 0) is 22.6 Å². The van der Waals surface area contributed by atoms with Crippen molar-refractivity contribution in [3.05, 3.63) is 65.2 Å². The lowest BCUT2D eigenvalue weighted by Crippen LogP contribution is -2.50. The Morgan fingerprint density at radius 2 is 1.75 bits per heavy atom. The molecular formula is C23H28N2O2S. The smallest absolute Gasteiger partial charge is 0.246 e. The maximum absolute atomic E-state index is 13.1. The van der Waals surface area contributed by atoms with Crippen LogP contribution in [0.15, 0.2) is 53.4 Å². The lowest BCUT2D eigenvalue weighted by Gasteiger charge is -2.32. The van der Waals surface area contributed by atoms with Crippen LogP contribution in [0.4, 0.5) is 0 Å². The van der Waals surface area contributed by atoms with Crippen LogP contribution in [0.3, 0.4) is 0 Å². The molecule has 0 bridgehead atoms. The van der Waals surface area contributed by atoms with E-state index in [-0.39, 0.29) is 11.8 Å². The van der Waals surface area contributed by atoms with Crippen molar-refractivity contribution >= 4 is 23.6 Å². The Bertz CT molecular complexity index is 833. The summed E-state index contributed by atoms with van der Waals surface area (Å²) in [5.74, 6) is 0.842. The fraction of sp³-hybridized carbons (Fsp3) is 0.391. The zero-order chi connectivity index (χ0) is 20.1. The van der Waals surface area contributed by atoms with E-state index in [9.17, 15) is 9.59 Å². The number of nitrogens with zero attached hydrogens (tertiary/aromatic N) is 1. The summed E-state index contributed by atoms with van der Waals surface area (Å²) in [5, 5.41) is 2.85. The zero-order valence-electron chi connectivity index (χ0n) is 16.8. The molecule has 1 N–H and O–H groups in total. The van der Waals surface area contributed by atoms with E-state index >= 15 is 0 Å². The third kappa shape index (κ3) is 5.16. The molecule has 0 radical (unpaired) electrons. The average molecular weight is 397 g/mol. The molecule has 28 heavy (non-hydrogen) atoms. The van der Waals surface area contributed by atoms with Crippen molar-refractivity contribution in [3.8, 4) is 0 Å². The van der Waals surface area contributed by atoms with Gasteiger partial charge in [0.25, 0.3) is 0 Å². The lowest BCUT2D eigenvalue weighted by atomic mass is 9.99. The first kappa shape index (κ1) is 20.5. The molecule has 0 saturated heterocycles. The topological polar surface area (TPSA) is 49.4 Å². The van der Waals surface area contributed by atoms with Gasteiger partial charge in [-0.15, -0.1) is 11.8 Å². The van der Waals surface area contributed by atoms with Crippen LogP contribution in [0.1, 0.15) is 43.4 Å². The molecule has 0 spiro atoms. The number of carbonyl (C=O) groups excluding carboxylic acids is 2. The summed E-state index contributed by atoms with van der Waals surface area (Å²) in [7, 11) is 0. The molecule has 0 fully saturated rings. The van der Waals surface area contributed by atoms with Crippen molar-refractivity contribution < 1.29 is 9.59 Å². The largest absolute Gasteiger partial charge is 0.344 e. The molecule has 1 unspecified atom stereocenters. The van der Waals surface area contributed by atoms with Gasteiger partial charge in [-0.25, -0.2) is 0 Å². The van der Waals surface area contributed by atoms with E-state index in [0.29, 0.717) is 24.8 Å². The normalized spacial score (nSPS) is 14.5. The van der Waals surface area contributed by atoms with E-state index in [1.54, 1.807) is 11.8 Å². The van der Waals surface area contributed by atoms with Crippen LogP contribution >= 0.6 is 11.8 Å². The van der Waals surface area contributed by atoms with Gasteiger partial charge in [0.1, 0.15) is 6.04 Å². The van der Waals surface area contributed by atoms with Gasteiger partial charge in [0.2, 0.25) is 11.8 Å². The number of nitrogens with one attached hydrogen (secondary N) is 1. The second-order valence-electron chi connectivity index (χ2n) is 7.57. The minimum Gasteiger partial charge on any atom is -0.344 e. The maximum atomic E-state index is 13.1. The number of fused-ring (bicyclic) bond motifs is 1. The number of thioether (sulfide) groups is 1. The van der Waals surface area contributed by atoms with Crippen LogP contribution in [0.5, 0.6) is 0 Å². The number of hydrogen-bond acceptors (Lipinski definition) is 3. The quantitative estimate of drug-likeness (QED) is 0.751. The standard InChI is InChI=1S/C23H28N2O2S/c1-16(2)18-8-10-21(11-9-18)28-15-22(24-17(3)26)23(27)25-13-12-19-6-4-5-7-20(19)14-25/h4-11,16,22H,12-15H2,1-3H3,(H,24,26). The molecule has 3 rings (SSSR count). The van der Waals surface area contributed by atoms with Crippen molar-refractivity contribution in [2.24, 2.45) is 0 Å². The molecule has 0 aliphatic carbocycles. The zero-order valence-corrected chi connectivity index (χ0v) is 17.6. The highest BCUT2D eigenvalue weighted by Crippen LogP contribution is 2.24. The Morgan fingerprint density at radius 3 is 2.39 bits per heavy atom. The Labute approximate surface area is 171 Å². The molecule has 2 aromatic carbocycles. The second kappa shape index (κ2) is 9.28. The summed E-state index contributed by atoms with van der Waals surface area (Å²) in [6.45, 7) is 7.11. The van der Waals surface area contributed by atoms with E-state index in [0.717, 1.165) is 11.3 Å². The van der Waals surface area contributed by atoms with Gasteiger partial charge in [-0.3, -0.25) is 9.59 Å². The number of amides is 2. The van der Waals surface area contributed by atoms with Crippen molar-refractivity contribution in [2.75, 3.05) is 12.3 Å². The van der Waals surface area contributed by atoms with E-state index in [2.05, 4.69) is 55.6 Å². The number of hydrogen-bond donors (Lipinski definition) is 1. The fourth-order valence-electron chi connectivity index (χ4n) is 3.45. The molecule has 1 aliphatic rings. The summed E-state index contributed by atoms with van der Waals surface area (Å²) in [5.41, 5.74) is 3.80. The highest BCUT2D eigenvalue weighted by molar-refractivity contribution is 7.99. The molecule has 1 aliphatic heterocycles. The highest BCUT2D eigenvalue weighted by atomic mass is 32.2. The first-order valence-electron chi connectivity index (χ1n) is 9.79. The van der Waals surface area contributed by atoms with Crippen molar-refractivity contribution in [1.82, 2.24) is 10.2 Å². The fourth-order valence-corrected chi connectivity index (χ4v) is 4.37. The monoisotopic (exact) mass is 396 g/mol. The Kier molecular flexibility index (Phi) is 6.79. The van der Waals surface area contributed by atoms with E-state index in [4.69, 9.17) is 0 Å². The first-order valence-corrected chi connectivity index (χ1v) is 10.8. The SMILES string of the molecule is CC(=O)NC(CSc1ccc(C(C)C)cc1)C(=O)N1CCc2ccccc2C1. The van der Waals surface area contributed by atoms with Crippen LogP contribution in [0.25, 0.3) is 0 Å². The third-order valence-corrected chi connectivity index (χ3v) is 6.19. The molecule has 1 heterocycles. The van der Waals surface area contributed by atoms with Crippen LogP contribution in [0, 0.1) is 0 Å². The minimum absolute atomic E-state index is 0.00370. The second-order valence-corrected chi connectivity index (χ2v) is 8.66. The summed E-state index contributed by atoms with van der Waals surface area (Å²) in [4.78, 5) is 27.8. The molecule has 0 saturated carbocycles. The van der Waals surface area contributed by atoms with Crippen LogP contribution in [-0.4, -0.2) is 35.1 Å². The summed E-state index contributed by atoms with van der Waals surface area (Å²) in [6.07, 6.45) is 0.860. The molecule has 0 aromatic heterocycles. The lowest BCUT2D eigenvalue weighted by molar-refractivity contribution is -0.136. The highest BCUT2D eigenvalue weighted by Gasteiger charge is 2.28. The van der Waals surface area contributed by atoms with Gasteiger partial charge < -0.3 is 10.2 Å². The number of benzene rings is 2. The van der Waals surface area contributed by atoms with Gasteiger partial charge in [0, 0.05) is 30.7 Å². The molecule has 1 atom stereocenters. The van der Waals surface area contributed by atoms with E-state index < -0.39 is 6.04 Å². The summed E-state index contributed by atoms with van der Waals surface area (Å²) >= 11 is 1.61. The summed E-state index contributed by atoms with van der Waals surface area (Å²) < 4.78 is 0. The molecule has 5 heteroatoms. The van der Waals surface area contributed by atoms with Gasteiger partial charge in [-0.2, -0.15) is 0 Å². The van der Waals surface area contributed by atoms with Crippen molar-refractivity contribution in [1.29, 1.82) is 0 Å².